The number of hydrogen-bond acceptors (Lipinski definition) is 7. The molecule has 5 atom stereocenters. The zero-order valence-corrected chi connectivity index (χ0v) is 36.2. The average molecular weight is 871 g/mol. The van der Waals surface area contributed by atoms with Crippen LogP contribution in [0.4, 0.5) is 17.1 Å². The van der Waals surface area contributed by atoms with Crippen molar-refractivity contribution in [2.45, 2.75) is 62.7 Å². The Morgan fingerprint density at radius 1 is 0.949 bits per heavy atom. The van der Waals surface area contributed by atoms with Gasteiger partial charge in [-0.15, -0.1) is 5.10 Å². The average Bonchev–Trinajstić information content (AvgIpc) is 3.91. The Kier molecular flexibility index (Phi) is 11.4. The van der Waals surface area contributed by atoms with Gasteiger partial charge in [0, 0.05) is 40.1 Å². The van der Waals surface area contributed by atoms with E-state index in [1.165, 1.54) is 5.19 Å². The van der Waals surface area contributed by atoms with E-state index in [1.807, 2.05) is 131 Å². The van der Waals surface area contributed by atoms with E-state index < -0.39 is 13.7 Å². The summed E-state index contributed by atoms with van der Waals surface area (Å²) < 4.78 is 15.6. The summed E-state index contributed by atoms with van der Waals surface area (Å²) in [6, 6.07) is 41.5. The van der Waals surface area contributed by atoms with Gasteiger partial charge in [0.1, 0.15) is 5.75 Å². The molecule has 5 aromatic carbocycles. The zero-order valence-electron chi connectivity index (χ0n) is 33.6. The van der Waals surface area contributed by atoms with Gasteiger partial charge in [0.05, 0.1) is 51.7 Å². The Labute approximate surface area is 354 Å². The number of aliphatic hydroxyl groups excluding tert-OH is 1. The van der Waals surface area contributed by atoms with Gasteiger partial charge in [-0.3, -0.25) is 19.2 Å². The van der Waals surface area contributed by atoms with E-state index in [-0.39, 0.29) is 36.0 Å². The second kappa shape index (κ2) is 16.7. The lowest BCUT2D eigenvalue weighted by molar-refractivity contribution is -0.146. The second-order valence-corrected chi connectivity index (χ2v) is 21.6. The van der Waals surface area contributed by atoms with E-state index in [9.17, 15) is 9.90 Å². The molecule has 1 spiro atoms. The van der Waals surface area contributed by atoms with Crippen LogP contribution in [0.25, 0.3) is 0 Å². The Bertz CT molecular complexity index is 2430. The molecule has 0 saturated carbocycles. The van der Waals surface area contributed by atoms with Crippen LogP contribution in [-0.4, -0.2) is 60.3 Å². The van der Waals surface area contributed by atoms with Crippen molar-refractivity contribution < 1.29 is 24.2 Å². The van der Waals surface area contributed by atoms with Crippen LogP contribution in [0.1, 0.15) is 41.6 Å². The van der Waals surface area contributed by atoms with E-state index in [0.717, 1.165) is 44.7 Å². The van der Waals surface area contributed by atoms with Crippen LogP contribution in [0.2, 0.25) is 18.6 Å². The summed E-state index contributed by atoms with van der Waals surface area (Å²) in [6.45, 7) is 7.67. The summed E-state index contributed by atoms with van der Waals surface area (Å²) in [7, 11) is -0.726. The molecule has 0 bridgehead atoms. The third-order valence-corrected chi connectivity index (χ3v) is 17.3. The van der Waals surface area contributed by atoms with Crippen LogP contribution in [0.5, 0.6) is 5.75 Å². The third-order valence-electron chi connectivity index (χ3n) is 12.4. The highest BCUT2D eigenvalue weighted by Crippen LogP contribution is 2.60. The number of nitrogens with zero attached hydrogens (tertiary/aromatic N) is 5. The van der Waals surface area contributed by atoms with Crippen molar-refractivity contribution >= 4 is 58.6 Å². The van der Waals surface area contributed by atoms with Gasteiger partial charge in [-0.05, 0) is 77.7 Å². The van der Waals surface area contributed by atoms with Crippen molar-refractivity contribution in [3.63, 3.8) is 0 Å². The fourth-order valence-electron chi connectivity index (χ4n) is 9.46. The van der Waals surface area contributed by atoms with Gasteiger partial charge in [-0.1, -0.05) is 119 Å². The first-order valence-corrected chi connectivity index (χ1v) is 23.8. The molecule has 1 aromatic heterocycles. The Morgan fingerprint density at radius 2 is 1.66 bits per heavy atom. The number of anilines is 3. The van der Waals surface area contributed by atoms with Crippen molar-refractivity contribution in [1.29, 1.82) is 0 Å². The number of aliphatic hydroxyl groups is 1. The predicted molar refractivity (Wildman–Crippen MR) is 236 cm³/mol. The fourth-order valence-corrected chi connectivity index (χ4v) is 13.9. The summed E-state index contributed by atoms with van der Waals surface area (Å²) in [5, 5.41) is 20.6. The van der Waals surface area contributed by atoms with E-state index >= 15 is 4.79 Å². The molecule has 1 N–H and O–H groups in total. The van der Waals surface area contributed by atoms with Crippen LogP contribution in [-0.2, 0) is 33.0 Å². The number of carbonyl (C=O) groups excluding carboxylic acids is 2. The van der Waals surface area contributed by atoms with Gasteiger partial charge in [-0.25, -0.2) is 0 Å². The quantitative estimate of drug-likeness (QED) is 0.0867. The maximum absolute atomic E-state index is 15.4. The first kappa shape index (κ1) is 40.4. The largest absolute Gasteiger partial charge is 0.497 e. The Morgan fingerprint density at radius 3 is 2.36 bits per heavy atom. The molecule has 3 heterocycles. The molecule has 2 aliphatic heterocycles. The SMILES string of the molecule is COc1ccc([Si](C)(C)[C@H]2[C@H](CCn3cc(C(CO)c4ccccc4)nn3)O[C@@]3(C(=O)N(Cc4cccc(N(C=O)c5ccccc5)c4)c4ccc(Br)cc43)[C@@H]2C)cc1. The minimum absolute atomic E-state index is 0.0273. The standard InChI is InChI=1S/C47H48BrN5O5Si/c1-32-45(59(3,4)39-21-19-38(57-2)20-22-39)44(24-25-51-29-42(49-50-51)40(30-54)34-13-7-5-8-14-34)58-47(32)41-27-35(48)18-23-43(41)52(46(47)56)28-33-12-11-17-37(26-33)53(31-55)36-15-9-6-10-16-36/h5-23,26-27,29,31-32,40,44-45,54H,24-25,28,30H2,1-4H3/t32-,40?,44+,45-,47+/m1/s1. The van der Waals surface area contributed by atoms with E-state index in [0.29, 0.717) is 30.9 Å². The van der Waals surface area contributed by atoms with Crippen LogP contribution in [0.15, 0.2) is 138 Å². The normalized spacial score (nSPS) is 20.5. The maximum Gasteiger partial charge on any atom is 0.264 e. The smallest absolute Gasteiger partial charge is 0.264 e. The number of fused-ring (bicyclic) bond motifs is 2. The van der Waals surface area contributed by atoms with Gasteiger partial charge in [-0.2, -0.15) is 0 Å². The number of ether oxygens (including phenoxy) is 2. The molecule has 12 heteroatoms. The van der Waals surface area contributed by atoms with Crippen molar-refractivity contribution in [3.8, 4) is 5.75 Å². The third kappa shape index (κ3) is 7.43. The lowest BCUT2D eigenvalue weighted by atomic mass is 9.82. The van der Waals surface area contributed by atoms with Crippen LogP contribution in [0, 0.1) is 5.92 Å². The van der Waals surface area contributed by atoms with Crippen molar-refractivity contribution in [1.82, 2.24) is 15.0 Å². The number of methoxy groups -OCH3 is 1. The summed E-state index contributed by atoms with van der Waals surface area (Å²) in [4.78, 5) is 31.3. The van der Waals surface area contributed by atoms with Crippen molar-refractivity contribution in [2.24, 2.45) is 5.92 Å². The van der Waals surface area contributed by atoms with Gasteiger partial charge >= 0.3 is 0 Å². The predicted octanol–water partition coefficient (Wildman–Crippen LogP) is 8.32. The number of carbonyl (C=O) groups is 2. The number of rotatable bonds is 14. The second-order valence-electron chi connectivity index (χ2n) is 16.0. The Balaban J connectivity index is 1.15. The first-order valence-electron chi connectivity index (χ1n) is 20.0. The monoisotopic (exact) mass is 869 g/mol. The molecule has 2 aliphatic rings. The summed E-state index contributed by atoms with van der Waals surface area (Å²) in [5.74, 6) is 0.218. The number of halogens is 1. The van der Waals surface area contributed by atoms with Gasteiger partial charge < -0.3 is 19.5 Å². The summed E-state index contributed by atoms with van der Waals surface area (Å²) in [5.41, 5.74) is 4.47. The highest BCUT2D eigenvalue weighted by atomic mass is 79.9. The number of aryl methyl sites for hydroxylation is 1. The minimum Gasteiger partial charge on any atom is -0.497 e. The molecular formula is C47H48BrN5O5Si. The van der Waals surface area contributed by atoms with Crippen molar-refractivity contribution in [2.75, 3.05) is 23.5 Å². The molecular weight excluding hydrogens is 823 g/mol. The van der Waals surface area contributed by atoms with Gasteiger partial charge in [0.2, 0.25) is 6.41 Å². The Hall–Kier alpha value is -5.40. The fraction of sp³-hybridized carbons (Fsp3) is 0.277. The van der Waals surface area contributed by atoms with E-state index in [1.54, 1.807) is 12.0 Å². The maximum atomic E-state index is 15.4. The molecule has 6 aromatic rings. The van der Waals surface area contributed by atoms with E-state index in [4.69, 9.17) is 9.47 Å². The molecule has 2 amide bonds. The number of hydrogen-bond donors (Lipinski definition) is 1. The molecule has 1 unspecified atom stereocenters. The molecule has 0 radical (unpaired) electrons. The first-order chi connectivity index (χ1) is 28.6. The number of benzene rings is 5. The van der Waals surface area contributed by atoms with Crippen LogP contribution >= 0.6 is 15.9 Å². The summed E-state index contributed by atoms with van der Waals surface area (Å²) >= 11 is 3.73. The van der Waals surface area contributed by atoms with Gasteiger partial charge in [0.25, 0.3) is 5.91 Å². The summed E-state index contributed by atoms with van der Waals surface area (Å²) in [6.07, 6.45) is 3.03. The number of para-hydroxylation sites is 1. The highest BCUT2D eigenvalue weighted by molar-refractivity contribution is 9.10. The van der Waals surface area contributed by atoms with Crippen LogP contribution in [0.3, 0.4) is 0 Å². The number of aromatic nitrogens is 3. The zero-order chi connectivity index (χ0) is 41.3. The van der Waals surface area contributed by atoms with Gasteiger partial charge in [0.15, 0.2) is 5.60 Å². The minimum atomic E-state index is -2.40. The highest BCUT2D eigenvalue weighted by Gasteiger charge is 2.66. The molecule has 59 heavy (non-hydrogen) atoms. The number of amides is 2. The molecule has 8 rings (SSSR count). The topological polar surface area (TPSA) is 110 Å². The van der Waals surface area contributed by atoms with Crippen molar-refractivity contribution in [3.05, 3.63) is 160 Å². The lowest BCUT2D eigenvalue weighted by Gasteiger charge is -2.37. The molecule has 0 aliphatic carbocycles. The van der Waals surface area contributed by atoms with E-state index in [2.05, 4.69) is 58.4 Å². The van der Waals surface area contributed by atoms with Crippen LogP contribution < -0.4 is 19.7 Å². The molecule has 1 fully saturated rings. The molecule has 1 saturated heterocycles. The molecule has 302 valence electrons. The lowest BCUT2D eigenvalue weighted by Crippen LogP contribution is -2.51. The molecule has 10 nitrogen and oxygen atoms in total.